The van der Waals surface area contributed by atoms with Gasteiger partial charge in [-0.2, -0.15) is 0 Å². The third-order valence-electron chi connectivity index (χ3n) is 2.82. The quantitative estimate of drug-likeness (QED) is 0.882. The second-order valence-electron chi connectivity index (χ2n) is 4.27. The maximum Gasteiger partial charge on any atom is 0.146 e. The van der Waals surface area contributed by atoms with Gasteiger partial charge in [0.1, 0.15) is 5.82 Å². The normalized spacial score (nSPS) is 10.6. The number of halogens is 1. The van der Waals surface area contributed by atoms with Gasteiger partial charge in [0.25, 0.3) is 0 Å². The molecule has 1 aromatic carbocycles. The fraction of sp³-hybridized carbons (Fsp3) is 0.286. The molecule has 0 atom stereocenters. The largest absolute Gasteiger partial charge is 0.472 e. The van der Waals surface area contributed by atoms with Crippen LogP contribution in [0.2, 0.25) is 0 Å². The van der Waals surface area contributed by atoms with Crippen molar-refractivity contribution in [2.24, 2.45) is 0 Å². The van der Waals surface area contributed by atoms with Crippen LogP contribution >= 0.6 is 0 Å². The number of benzene rings is 1. The summed E-state index contributed by atoms with van der Waals surface area (Å²) in [4.78, 5) is 1.90. The highest BCUT2D eigenvalue weighted by molar-refractivity contribution is 5.54. The van der Waals surface area contributed by atoms with Gasteiger partial charge in [0.2, 0.25) is 0 Å². The minimum Gasteiger partial charge on any atom is -0.472 e. The van der Waals surface area contributed by atoms with Gasteiger partial charge in [0, 0.05) is 25.7 Å². The Morgan fingerprint density at radius 1 is 1.33 bits per heavy atom. The van der Waals surface area contributed by atoms with Crippen molar-refractivity contribution >= 4 is 5.69 Å². The van der Waals surface area contributed by atoms with Gasteiger partial charge in [0.15, 0.2) is 0 Å². The summed E-state index contributed by atoms with van der Waals surface area (Å²) in [5.74, 6) is -0.200. The predicted octanol–water partition coefficient (Wildman–Crippen LogP) is 2.77. The van der Waals surface area contributed by atoms with Crippen molar-refractivity contribution in [2.45, 2.75) is 13.1 Å². The first kappa shape index (κ1) is 12.6. The van der Waals surface area contributed by atoms with E-state index in [2.05, 4.69) is 5.32 Å². The molecule has 96 valence electrons. The van der Waals surface area contributed by atoms with Crippen LogP contribution in [-0.4, -0.2) is 14.1 Å². The molecule has 0 bridgehead atoms. The van der Waals surface area contributed by atoms with E-state index in [9.17, 15) is 4.39 Å². The van der Waals surface area contributed by atoms with Crippen LogP contribution in [0.1, 0.15) is 11.1 Å². The van der Waals surface area contributed by atoms with Crippen LogP contribution in [0.3, 0.4) is 0 Å². The summed E-state index contributed by atoms with van der Waals surface area (Å²) in [6.45, 7) is 1.26. The number of para-hydroxylation sites is 1. The Kier molecular flexibility index (Phi) is 3.99. The first-order valence-corrected chi connectivity index (χ1v) is 5.86. The first-order valence-electron chi connectivity index (χ1n) is 5.86. The molecule has 2 rings (SSSR count). The van der Waals surface area contributed by atoms with Crippen molar-refractivity contribution in [2.75, 3.05) is 19.0 Å². The monoisotopic (exact) mass is 248 g/mol. The topological polar surface area (TPSA) is 28.4 Å². The lowest BCUT2D eigenvalue weighted by molar-refractivity contribution is 0.563. The van der Waals surface area contributed by atoms with Gasteiger partial charge in [-0.1, -0.05) is 12.1 Å². The third-order valence-corrected chi connectivity index (χ3v) is 2.82. The number of nitrogens with one attached hydrogen (secondary N) is 1. The van der Waals surface area contributed by atoms with E-state index in [-0.39, 0.29) is 5.82 Å². The lowest BCUT2D eigenvalue weighted by Crippen LogP contribution is -2.20. The average Bonchev–Trinajstić information content (AvgIpc) is 2.82. The van der Waals surface area contributed by atoms with E-state index in [1.165, 1.54) is 6.07 Å². The minimum absolute atomic E-state index is 0.200. The van der Waals surface area contributed by atoms with E-state index in [1.807, 2.05) is 31.1 Å². The summed E-state index contributed by atoms with van der Waals surface area (Å²) >= 11 is 0. The second kappa shape index (κ2) is 5.69. The fourth-order valence-corrected chi connectivity index (χ4v) is 2.06. The van der Waals surface area contributed by atoms with Crippen LogP contribution in [-0.2, 0) is 13.1 Å². The Bertz CT molecular complexity index is 497. The van der Waals surface area contributed by atoms with Crippen LogP contribution in [0.4, 0.5) is 10.1 Å². The van der Waals surface area contributed by atoms with Crippen LogP contribution in [0, 0.1) is 5.82 Å². The highest BCUT2D eigenvalue weighted by atomic mass is 19.1. The standard InChI is InChI=1S/C14H17FN2O/c1-16-8-12-4-3-5-13(15)14(12)17(2)9-11-6-7-18-10-11/h3-7,10,16H,8-9H2,1-2H3. The average molecular weight is 248 g/mol. The SMILES string of the molecule is CNCc1cccc(F)c1N(C)Cc1ccoc1. The summed E-state index contributed by atoms with van der Waals surface area (Å²) < 4.78 is 19.0. The molecule has 1 aromatic heterocycles. The molecule has 0 fully saturated rings. The zero-order valence-corrected chi connectivity index (χ0v) is 10.6. The Balaban J connectivity index is 2.25. The van der Waals surface area contributed by atoms with Crippen molar-refractivity contribution in [1.29, 1.82) is 0 Å². The second-order valence-corrected chi connectivity index (χ2v) is 4.27. The van der Waals surface area contributed by atoms with Crippen LogP contribution < -0.4 is 10.2 Å². The van der Waals surface area contributed by atoms with Gasteiger partial charge in [-0.15, -0.1) is 0 Å². The van der Waals surface area contributed by atoms with E-state index in [0.29, 0.717) is 18.8 Å². The molecule has 1 N–H and O–H groups in total. The molecule has 3 nitrogen and oxygen atoms in total. The van der Waals surface area contributed by atoms with E-state index in [4.69, 9.17) is 4.42 Å². The summed E-state index contributed by atoms with van der Waals surface area (Å²) in [6, 6.07) is 7.04. The minimum atomic E-state index is -0.200. The highest BCUT2D eigenvalue weighted by Gasteiger charge is 2.13. The van der Waals surface area contributed by atoms with Gasteiger partial charge in [-0.3, -0.25) is 0 Å². The maximum absolute atomic E-state index is 14.0. The summed E-state index contributed by atoms with van der Waals surface area (Å²) in [7, 11) is 3.73. The highest BCUT2D eigenvalue weighted by Crippen LogP contribution is 2.25. The van der Waals surface area contributed by atoms with Crippen molar-refractivity contribution in [3.63, 3.8) is 0 Å². The van der Waals surface area contributed by atoms with Crippen molar-refractivity contribution in [3.8, 4) is 0 Å². The molecule has 4 heteroatoms. The number of nitrogens with zero attached hydrogens (tertiary/aromatic N) is 1. The molecule has 0 saturated carbocycles. The van der Waals surface area contributed by atoms with Crippen LogP contribution in [0.5, 0.6) is 0 Å². The molecule has 0 aliphatic heterocycles. The van der Waals surface area contributed by atoms with E-state index >= 15 is 0 Å². The molecule has 0 aliphatic carbocycles. The Hall–Kier alpha value is -1.81. The number of hydrogen-bond acceptors (Lipinski definition) is 3. The molecular weight excluding hydrogens is 231 g/mol. The molecule has 18 heavy (non-hydrogen) atoms. The van der Waals surface area contributed by atoms with Gasteiger partial charge in [0.05, 0.1) is 18.2 Å². The predicted molar refractivity (Wildman–Crippen MR) is 70.0 cm³/mol. The number of rotatable bonds is 5. The van der Waals surface area contributed by atoms with Crippen LogP contribution in [0.25, 0.3) is 0 Å². The number of hydrogen-bond donors (Lipinski definition) is 1. The molecule has 0 spiro atoms. The van der Waals surface area contributed by atoms with Crippen molar-refractivity contribution < 1.29 is 8.81 Å². The molecule has 2 aromatic rings. The van der Waals surface area contributed by atoms with E-state index in [0.717, 1.165) is 11.1 Å². The van der Waals surface area contributed by atoms with Crippen molar-refractivity contribution in [1.82, 2.24) is 5.32 Å². The Morgan fingerprint density at radius 3 is 2.83 bits per heavy atom. The lowest BCUT2D eigenvalue weighted by Gasteiger charge is -2.22. The molecule has 0 amide bonds. The van der Waals surface area contributed by atoms with Gasteiger partial charge < -0.3 is 14.6 Å². The Morgan fingerprint density at radius 2 is 2.17 bits per heavy atom. The zero-order valence-electron chi connectivity index (χ0n) is 10.6. The van der Waals surface area contributed by atoms with Gasteiger partial charge >= 0.3 is 0 Å². The molecule has 0 radical (unpaired) electrons. The van der Waals surface area contributed by atoms with E-state index < -0.39 is 0 Å². The summed E-state index contributed by atoms with van der Waals surface area (Å²) in [5, 5.41) is 3.05. The first-order chi connectivity index (χ1) is 8.72. The Labute approximate surface area is 106 Å². The number of furan rings is 1. The zero-order chi connectivity index (χ0) is 13.0. The number of anilines is 1. The smallest absolute Gasteiger partial charge is 0.146 e. The maximum atomic E-state index is 14.0. The summed E-state index contributed by atoms with van der Waals surface area (Å²) in [5.41, 5.74) is 2.60. The third kappa shape index (κ3) is 2.71. The molecule has 0 unspecified atom stereocenters. The van der Waals surface area contributed by atoms with Gasteiger partial charge in [-0.05, 0) is 24.7 Å². The lowest BCUT2D eigenvalue weighted by atomic mass is 10.1. The molecular formula is C14H17FN2O. The van der Waals surface area contributed by atoms with E-state index in [1.54, 1.807) is 18.6 Å². The fourth-order valence-electron chi connectivity index (χ4n) is 2.06. The van der Waals surface area contributed by atoms with Crippen LogP contribution in [0.15, 0.2) is 41.2 Å². The molecule has 0 saturated heterocycles. The molecule has 1 heterocycles. The molecule has 0 aliphatic rings. The van der Waals surface area contributed by atoms with Gasteiger partial charge in [-0.25, -0.2) is 4.39 Å². The van der Waals surface area contributed by atoms with Crippen molar-refractivity contribution in [3.05, 3.63) is 53.7 Å². The summed E-state index contributed by atoms with van der Waals surface area (Å²) in [6.07, 6.45) is 3.30.